The Morgan fingerprint density at radius 1 is 1.00 bits per heavy atom. The van der Waals surface area contributed by atoms with Crippen molar-refractivity contribution in [3.05, 3.63) is 59.7 Å². The Bertz CT molecular complexity index is 984. The van der Waals surface area contributed by atoms with Gasteiger partial charge in [-0.05, 0) is 49.9 Å². The van der Waals surface area contributed by atoms with Crippen molar-refractivity contribution in [1.82, 2.24) is 10.6 Å². The summed E-state index contributed by atoms with van der Waals surface area (Å²) in [6.45, 7) is 6.66. The molecule has 8 heteroatoms. The van der Waals surface area contributed by atoms with Crippen LogP contribution in [0, 0.1) is 0 Å². The van der Waals surface area contributed by atoms with Gasteiger partial charge >= 0.3 is 12.1 Å². The molecule has 0 saturated carbocycles. The van der Waals surface area contributed by atoms with Gasteiger partial charge in [-0.2, -0.15) is 0 Å². The molecule has 3 N–H and O–H groups in total. The number of alkyl carbamates (subject to hydrolysis) is 1. The quantitative estimate of drug-likeness (QED) is 0.564. The minimum atomic E-state index is -1.25. The highest BCUT2D eigenvalue weighted by molar-refractivity contribution is 5.87. The highest BCUT2D eigenvalue weighted by atomic mass is 16.5. The van der Waals surface area contributed by atoms with Crippen LogP contribution in [0.4, 0.5) is 4.79 Å². The molecule has 8 nitrogen and oxygen atoms in total. The van der Waals surface area contributed by atoms with Crippen LogP contribution in [0.25, 0.3) is 11.1 Å². The van der Waals surface area contributed by atoms with Crippen LogP contribution in [0.15, 0.2) is 48.5 Å². The highest BCUT2D eigenvalue weighted by Gasteiger charge is 2.31. The van der Waals surface area contributed by atoms with E-state index in [2.05, 4.69) is 10.6 Å². The van der Waals surface area contributed by atoms with Crippen molar-refractivity contribution in [2.24, 2.45) is 0 Å². The number of carbonyl (C=O) groups excluding carboxylic acids is 2. The summed E-state index contributed by atoms with van der Waals surface area (Å²) in [6, 6.07) is 14.7. The molecule has 2 aromatic rings. The maximum absolute atomic E-state index is 12.2. The molecule has 0 aliphatic heterocycles. The van der Waals surface area contributed by atoms with E-state index in [4.69, 9.17) is 9.47 Å². The van der Waals surface area contributed by atoms with Crippen LogP contribution in [0.2, 0.25) is 0 Å². The molecule has 2 atom stereocenters. The summed E-state index contributed by atoms with van der Waals surface area (Å²) in [7, 11) is 0. The zero-order valence-electron chi connectivity index (χ0n) is 19.3. The van der Waals surface area contributed by atoms with Crippen LogP contribution >= 0.6 is 0 Å². The molecule has 2 aromatic carbocycles. The van der Waals surface area contributed by atoms with Gasteiger partial charge in [-0.3, -0.25) is 4.79 Å². The lowest BCUT2D eigenvalue weighted by Gasteiger charge is -2.29. The molecule has 0 spiro atoms. The van der Waals surface area contributed by atoms with Gasteiger partial charge < -0.3 is 25.2 Å². The molecule has 0 fully saturated rings. The predicted octanol–water partition coefficient (Wildman–Crippen LogP) is 3.30. The lowest BCUT2D eigenvalue weighted by Crippen LogP contribution is -2.52. The first kappa shape index (κ1) is 24.3. The van der Waals surface area contributed by atoms with Crippen molar-refractivity contribution >= 4 is 18.0 Å². The number of ether oxygens (including phenoxy) is 2. The number of rotatable bonds is 8. The Hall–Kier alpha value is -3.39. The molecule has 33 heavy (non-hydrogen) atoms. The van der Waals surface area contributed by atoms with Crippen LogP contribution in [-0.4, -0.2) is 54.0 Å². The molecule has 3 rings (SSSR count). The first-order chi connectivity index (χ1) is 15.6. The Balaban J connectivity index is 1.52. The number of carboxylic acids is 1. The lowest BCUT2D eigenvalue weighted by molar-refractivity contribution is -0.150. The first-order valence-corrected chi connectivity index (χ1v) is 10.9. The second-order valence-corrected chi connectivity index (χ2v) is 9.00. The van der Waals surface area contributed by atoms with E-state index < -0.39 is 42.3 Å². The van der Waals surface area contributed by atoms with Gasteiger partial charge in [0, 0.05) is 5.92 Å². The lowest BCUT2D eigenvalue weighted by atomic mass is 9.98. The number of carboxylic acid groups (broad SMARTS) is 1. The zero-order chi connectivity index (χ0) is 24.2. The van der Waals surface area contributed by atoms with Gasteiger partial charge in [0.25, 0.3) is 0 Å². The van der Waals surface area contributed by atoms with E-state index in [0.29, 0.717) is 0 Å². The summed E-state index contributed by atoms with van der Waals surface area (Å²) in [4.78, 5) is 36.0. The molecular formula is C25H30N2O6. The minimum absolute atomic E-state index is 0.0937. The van der Waals surface area contributed by atoms with Crippen LogP contribution in [-0.2, 0) is 19.1 Å². The minimum Gasteiger partial charge on any atom is -0.480 e. The van der Waals surface area contributed by atoms with Gasteiger partial charge in [-0.25, -0.2) is 9.59 Å². The number of nitrogens with one attached hydrogen (secondary N) is 2. The Morgan fingerprint density at radius 3 is 2.06 bits per heavy atom. The van der Waals surface area contributed by atoms with Gasteiger partial charge in [-0.15, -0.1) is 0 Å². The summed E-state index contributed by atoms with van der Waals surface area (Å²) >= 11 is 0. The average molecular weight is 455 g/mol. The highest BCUT2D eigenvalue weighted by Crippen LogP contribution is 2.44. The third-order valence-electron chi connectivity index (χ3n) is 5.33. The fourth-order valence-corrected chi connectivity index (χ4v) is 4.03. The largest absolute Gasteiger partial charge is 0.480 e. The molecule has 0 heterocycles. The van der Waals surface area contributed by atoms with Gasteiger partial charge in [0.2, 0.25) is 5.91 Å². The summed E-state index contributed by atoms with van der Waals surface area (Å²) in [6.07, 6.45) is -1.52. The second kappa shape index (κ2) is 10.0. The third-order valence-corrected chi connectivity index (χ3v) is 5.33. The van der Waals surface area contributed by atoms with Crippen LogP contribution in [0.1, 0.15) is 44.7 Å². The van der Waals surface area contributed by atoms with Gasteiger partial charge in [0.05, 0.1) is 11.7 Å². The van der Waals surface area contributed by atoms with Crippen molar-refractivity contribution in [2.45, 2.75) is 51.4 Å². The fourth-order valence-electron chi connectivity index (χ4n) is 4.03. The fraction of sp³-hybridized carbons (Fsp3) is 0.400. The Labute approximate surface area is 193 Å². The molecule has 176 valence electrons. The van der Waals surface area contributed by atoms with Crippen LogP contribution in [0.5, 0.6) is 0 Å². The normalized spacial score (nSPS) is 14.5. The zero-order valence-corrected chi connectivity index (χ0v) is 19.3. The van der Waals surface area contributed by atoms with Crippen molar-refractivity contribution in [3.63, 3.8) is 0 Å². The number of hydrogen-bond acceptors (Lipinski definition) is 5. The molecule has 0 unspecified atom stereocenters. The molecular weight excluding hydrogens is 424 g/mol. The van der Waals surface area contributed by atoms with E-state index in [-0.39, 0.29) is 12.5 Å². The van der Waals surface area contributed by atoms with Gasteiger partial charge in [0.1, 0.15) is 13.2 Å². The van der Waals surface area contributed by atoms with E-state index in [0.717, 1.165) is 22.3 Å². The number of benzene rings is 2. The summed E-state index contributed by atoms with van der Waals surface area (Å²) in [5.74, 6) is -1.97. The van der Waals surface area contributed by atoms with Crippen molar-refractivity contribution in [2.75, 3.05) is 13.2 Å². The standard InChI is InChI=1S/C25H30N2O6/c1-15(33-25(2,3)4)22(23(29)30)27-21(28)13-26-24(31)32-14-20-18-11-7-5-9-16(18)17-10-6-8-12-19(17)20/h5-12,15,20,22H,13-14H2,1-4H3,(H,26,31)(H,27,28)(H,29,30)/t15-,22+/m1/s1. The van der Waals surface area contributed by atoms with Gasteiger partial charge in [0.15, 0.2) is 6.04 Å². The van der Waals surface area contributed by atoms with Crippen LogP contribution < -0.4 is 10.6 Å². The number of hydrogen-bond donors (Lipinski definition) is 3. The van der Waals surface area contributed by atoms with E-state index in [9.17, 15) is 19.5 Å². The van der Waals surface area contributed by atoms with Crippen molar-refractivity contribution in [3.8, 4) is 11.1 Å². The molecule has 0 radical (unpaired) electrons. The molecule has 1 aliphatic rings. The maximum Gasteiger partial charge on any atom is 0.407 e. The van der Waals surface area contributed by atoms with Crippen molar-refractivity contribution in [1.29, 1.82) is 0 Å². The van der Waals surface area contributed by atoms with E-state index in [1.165, 1.54) is 0 Å². The topological polar surface area (TPSA) is 114 Å². The van der Waals surface area contributed by atoms with Crippen LogP contribution in [0.3, 0.4) is 0 Å². The monoisotopic (exact) mass is 454 g/mol. The predicted molar refractivity (Wildman–Crippen MR) is 123 cm³/mol. The molecule has 2 amide bonds. The number of fused-ring (bicyclic) bond motifs is 3. The van der Waals surface area contributed by atoms with E-state index >= 15 is 0 Å². The smallest absolute Gasteiger partial charge is 0.407 e. The Morgan fingerprint density at radius 2 is 1.55 bits per heavy atom. The molecule has 0 bridgehead atoms. The first-order valence-electron chi connectivity index (χ1n) is 10.9. The molecule has 1 aliphatic carbocycles. The summed E-state index contributed by atoms with van der Waals surface area (Å²) in [5.41, 5.74) is 3.83. The average Bonchev–Trinajstić information content (AvgIpc) is 3.07. The number of carbonyl (C=O) groups is 3. The maximum atomic E-state index is 12.2. The number of aliphatic carboxylic acids is 1. The van der Waals surface area contributed by atoms with Gasteiger partial charge in [-0.1, -0.05) is 48.5 Å². The summed E-state index contributed by atoms with van der Waals surface area (Å²) < 4.78 is 11.0. The summed E-state index contributed by atoms with van der Waals surface area (Å²) in [5, 5.41) is 14.2. The molecule has 0 aromatic heterocycles. The molecule has 0 saturated heterocycles. The Kier molecular flexibility index (Phi) is 7.38. The van der Waals surface area contributed by atoms with Crippen molar-refractivity contribution < 1.29 is 29.0 Å². The van der Waals surface area contributed by atoms with E-state index in [1.807, 2.05) is 48.5 Å². The number of amides is 2. The van der Waals surface area contributed by atoms with E-state index in [1.54, 1.807) is 27.7 Å². The second-order valence-electron chi connectivity index (χ2n) is 9.00. The SMILES string of the molecule is C[C@@H](OC(C)(C)C)[C@H](NC(=O)CNC(=O)OCC1c2ccccc2-c2ccccc21)C(=O)O. The third kappa shape index (κ3) is 6.10.